The lowest BCUT2D eigenvalue weighted by molar-refractivity contribution is -0.385. The topological polar surface area (TPSA) is 81.5 Å². The Morgan fingerprint density at radius 2 is 1.68 bits per heavy atom. The van der Waals surface area contributed by atoms with Crippen LogP contribution >= 0.6 is 11.6 Å². The molecule has 142 valence electrons. The van der Waals surface area contributed by atoms with Gasteiger partial charge in [0.05, 0.1) is 11.3 Å². The fourth-order valence-corrected chi connectivity index (χ4v) is 2.72. The van der Waals surface area contributed by atoms with Crippen molar-refractivity contribution in [2.75, 3.05) is 5.32 Å². The smallest absolute Gasteiger partial charge is 0.273 e. The van der Waals surface area contributed by atoms with Crippen LogP contribution in [0, 0.1) is 10.1 Å². The number of anilines is 1. The first-order valence-electron chi connectivity index (χ1n) is 8.51. The molecule has 3 rings (SSSR count). The summed E-state index contributed by atoms with van der Waals surface area (Å²) in [6, 6.07) is 20.5. The van der Waals surface area contributed by atoms with Crippen molar-refractivity contribution in [1.82, 2.24) is 0 Å². The standard InChI is InChI=1S/C21H17ClN2O4/c22-17-7-5-15(6-8-17)14-28-19-11-9-18(10-12-19)23-21(25)13-16-3-1-2-4-20(16)24(26)27/h1-12H,13-14H2,(H,23,25). The van der Waals surface area contributed by atoms with Gasteiger partial charge in [0.15, 0.2) is 0 Å². The molecule has 0 atom stereocenters. The largest absolute Gasteiger partial charge is 0.489 e. The van der Waals surface area contributed by atoms with E-state index < -0.39 is 4.92 Å². The van der Waals surface area contributed by atoms with Crippen molar-refractivity contribution in [2.45, 2.75) is 13.0 Å². The average molecular weight is 397 g/mol. The Morgan fingerprint density at radius 1 is 1.00 bits per heavy atom. The highest BCUT2D eigenvalue weighted by molar-refractivity contribution is 6.30. The van der Waals surface area contributed by atoms with Crippen molar-refractivity contribution in [3.05, 3.63) is 99.1 Å². The van der Waals surface area contributed by atoms with Crippen molar-refractivity contribution in [3.8, 4) is 5.75 Å². The Hall–Kier alpha value is -3.38. The minimum Gasteiger partial charge on any atom is -0.489 e. The molecule has 0 saturated carbocycles. The van der Waals surface area contributed by atoms with Gasteiger partial charge in [0.2, 0.25) is 5.91 Å². The van der Waals surface area contributed by atoms with Crippen molar-refractivity contribution >= 4 is 28.9 Å². The zero-order valence-electron chi connectivity index (χ0n) is 14.8. The zero-order valence-corrected chi connectivity index (χ0v) is 15.6. The number of hydrogen-bond donors (Lipinski definition) is 1. The predicted molar refractivity (Wildman–Crippen MR) is 108 cm³/mol. The summed E-state index contributed by atoms with van der Waals surface area (Å²) in [6.45, 7) is 0.403. The van der Waals surface area contributed by atoms with Gasteiger partial charge >= 0.3 is 0 Å². The Morgan fingerprint density at radius 3 is 2.36 bits per heavy atom. The molecule has 0 heterocycles. The zero-order chi connectivity index (χ0) is 19.9. The lowest BCUT2D eigenvalue weighted by Crippen LogP contribution is -2.15. The van der Waals surface area contributed by atoms with E-state index in [0.29, 0.717) is 28.6 Å². The number of para-hydroxylation sites is 1. The highest BCUT2D eigenvalue weighted by atomic mass is 35.5. The maximum absolute atomic E-state index is 12.2. The third-order valence-electron chi connectivity index (χ3n) is 4.00. The van der Waals surface area contributed by atoms with Crippen LogP contribution in [0.15, 0.2) is 72.8 Å². The minimum absolute atomic E-state index is 0.0661. The molecule has 0 saturated heterocycles. The van der Waals surface area contributed by atoms with Crippen LogP contribution in [0.4, 0.5) is 11.4 Å². The first kappa shape index (κ1) is 19.4. The SMILES string of the molecule is O=C(Cc1ccccc1[N+](=O)[O-])Nc1ccc(OCc2ccc(Cl)cc2)cc1. The summed E-state index contributed by atoms with van der Waals surface area (Å²) in [7, 11) is 0. The van der Waals surface area contributed by atoms with Gasteiger partial charge in [-0.1, -0.05) is 41.9 Å². The highest BCUT2D eigenvalue weighted by Gasteiger charge is 2.15. The number of rotatable bonds is 7. The summed E-state index contributed by atoms with van der Waals surface area (Å²) < 4.78 is 5.70. The van der Waals surface area contributed by atoms with Crippen LogP contribution in [-0.4, -0.2) is 10.8 Å². The van der Waals surface area contributed by atoms with Crippen LogP contribution in [0.5, 0.6) is 5.75 Å². The average Bonchev–Trinajstić information content (AvgIpc) is 2.69. The van der Waals surface area contributed by atoms with Crippen LogP contribution in [0.1, 0.15) is 11.1 Å². The van der Waals surface area contributed by atoms with E-state index in [9.17, 15) is 14.9 Å². The number of carbonyl (C=O) groups excluding carboxylic acids is 1. The van der Waals surface area contributed by atoms with Gasteiger partial charge in [-0.2, -0.15) is 0 Å². The number of hydrogen-bond acceptors (Lipinski definition) is 4. The molecule has 7 heteroatoms. The molecular weight excluding hydrogens is 380 g/mol. The van der Waals surface area contributed by atoms with Gasteiger partial charge in [-0.3, -0.25) is 14.9 Å². The summed E-state index contributed by atoms with van der Waals surface area (Å²) in [4.78, 5) is 22.7. The molecule has 0 bridgehead atoms. The molecule has 0 aliphatic heterocycles. The second-order valence-corrected chi connectivity index (χ2v) is 6.49. The van der Waals surface area contributed by atoms with Crippen LogP contribution < -0.4 is 10.1 Å². The number of amides is 1. The number of halogens is 1. The van der Waals surface area contributed by atoms with Gasteiger partial charge in [0, 0.05) is 22.3 Å². The molecule has 0 aliphatic rings. The van der Waals surface area contributed by atoms with E-state index in [0.717, 1.165) is 5.56 Å². The molecule has 0 spiro atoms. The van der Waals surface area contributed by atoms with E-state index in [4.69, 9.17) is 16.3 Å². The molecule has 0 aliphatic carbocycles. The van der Waals surface area contributed by atoms with Crippen LogP contribution in [0.25, 0.3) is 0 Å². The monoisotopic (exact) mass is 396 g/mol. The lowest BCUT2D eigenvalue weighted by Gasteiger charge is -2.09. The number of benzene rings is 3. The molecule has 28 heavy (non-hydrogen) atoms. The summed E-state index contributed by atoms with van der Waals surface area (Å²) in [5, 5.41) is 14.4. The molecule has 6 nitrogen and oxygen atoms in total. The quantitative estimate of drug-likeness (QED) is 0.449. The maximum Gasteiger partial charge on any atom is 0.273 e. The van der Waals surface area contributed by atoms with Crippen LogP contribution in [-0.2, 0) is 17.8 Å². The number of nitro benzene ring substituents is 1. The summed E-state index contributed by atoms with van der Waals surface area (Å²) >= 11 is 5.85. The van der Waals surface area contributed by atoms with Gasteiger partial charge in [-0.05, 0) is 42.0 Å². The van der Waals surface area contributed by atoms with E-state index in [-0.39, 0.29) is 18.0 Å². The van der Waals surface area contributed by atoms with Crippen molar-refractivity contribution < 1.29 is 14.5 Å². The minimum atomic E-state index is -0.491. The van der Waals surface area contributed by atoms with Gasteiger partial charge in [-0.15, -0.1) is 0 Å². The first-order chi connectivity index (χ1) is 13.5. The van der Waals surface area contributed by atoms with Crippen molar-refractivity contribution in [1.29, 1.82) is 0 Å². The van der Waals surface area contributed by atoms with E-state index >= 15 is 0 Å². The molecule has 0 unspecified atom stereocenters. The molecule has 1 N–H and O–H groups in total. The van der Waals surface area contributed by atoms with Crippen molar-refractivity contribution in [2.24, 2.45) is 0 Å². The van der Waals surface area contributed by atoms with Crippen molar-refractivity contribution in [3.63, 3.8) is 0 Å². The summed E-state index contributed by atoms with van der Waals surface area (Å²) in [6.07, 6.45) is -0.0774. The number of nitro groups is 1. The number of ether oxygens (including phenoxy) is 1. The molecule has 0 aromatic heterocycles. The second kappa shape index (κ2) is 9.01. The fraction of sp³-hybridized carbons (Fsp3) is 0.0952. The molecule has 3 aromatic rings. The Kier molecular flexibility index (Phi) is 6.24. The van der Waals surface area contributed by atoms with Gasteiger partial charge in [0.25, 0.3) is 5.69 Å². The summed E-state index contributed by atoms with van der Waals surface area (Å²) in [5.41, 5.74) is 1.88. The molecule has 1 amide bonds. The van der Waals surface area contributed by atoms with Crippen LogP contribution in [0.3, 0.4) is 0 Å². The fourth-order valence-electron chi connectivity index (χ4n) is 2.60. The number of nitrogens with one attached hydrogen (secondary N) is 1. The van der Waals surface area contributed by atoms with Gasteiger partial charge < -0.3 is 10.1 Å². The van der Waals surface area contributed by atoms with E-state index in [1.54, 1.807) is 54.6 Å². The van der Waals surface area contributed by atoms with E-state index in [1.165, 1.54) is 6.07 Å². The number of nitrogens with zero attached hydrogens (tertiary/aromatic N) is 1. The second-order valence-electron chi connectivity index (χ2n) is 6.05. The lowest BCUT2D eigenvalue weighted by atomic mass is 10.1. The number of carbonyl (C=O) groups is 1. The molecule has 0 radical (unpaired) electrons. The molecule has 0 fully saturated rings. The maximum atomic E-state index is 12.2. The third kappa shape index (κ3) is 5.31. The van der Waals surface area contributed by atoms with E-state index in [1.807, 2.05) is 12.1 Å². The normalized spacial score (nSPS) is 10.3. The van der Waals surface area contributed by atoms with Crippen LogP contribution in [0.2, 0.25) is 5.02 Å². The van der Waals surface area contributed by atoms with Gasteiger partial charge in [-0.25, -0.2) is 0 Å². The Balaban J connectivity index is 1.56. The summed E-state index contributed by atoms with van der Waals surface area (Å²) in [5.74, 6) is 0.329. The van der Waals surface area contributed by atoms with Gasteiger partial charge in [0.1, 0.15) is 12.4 Å². The first-order valence-corrected chi connectivity index (χ1v) is 8.88. The van der Waals surface area contributed by atoms with E-state index in [2.05, 4.69) is 5.32 Å². The Labute approximate surface area is 166 Å². The molecular formula is C21H17ClN2O4. The predicted octanol–water partition coefficient (Wildman–Crippen LogP) is 5.01. The highest BCUT2D eigenvalue weighted by Crippen LogP contribution is 2.20. The Bertz CT molecular complexity index is 972. The molecule has 3 aromatic carbocycles. The third-order valence-corrected chi connectivity index (χ3v) is 4.25.